The summed E-state index contributed by atoms with van der Waals surface area (Å²) in [5, 5.41) is 11.3. The molecule has 1 atom stereocenters. The number of thioether (sulfide) groups is 1. The monoisotopic (exact) mass is 281 g/mol. The summed E-state index contributed by atoms with van der Waals surface area (Å²) in [7, 11) is 0. The minimum Gasteiger partial charge on any atom is -0.480 e. The number of carbonyl (C=O) groups excluding carboxylic acids is 1. The van der Waals surface area contributed by atoms with Gasteiger partial charge in [-0.25, -0.2) is 4.79 Å². The normalized spacial score (nSPS) is 11.8. The van der Waals surface area contributed by atoms with E-state index in [1.807, 2.05) is 18.2 Å². The topological polar surface area (TPSA) is 66.4 Å². The summed E-state index contributed by atoms with van der Waals surface area (Å²) in [6, 6.07) is 9.29. The van der Waals surface area contributed by atoms with E-state index in [1.54, 1.807) is 6.92 Å². The molecule has 1 aromatic rings. The lowest BCUT2D eigenvalue weighted by Gasteiger charge is -2.11. The van der Waals surface area contributed by atoms with Crippen LogP contribution in [0.25, 0.3) is 0 Å². The smallest absolute Gasteiger partial charge is 0.326 e. The molecule has 19 heavy (non-hydrogen) atoms. The zero-order chi connectivity index (χ0) is 14.1. The number of aliphatic carboxylic acids is 1. The largest absolute Gasteiger partial charge is 0.480 e. The summed E-state index contributed by atoms with van der Waals surface area (Å²) in [4.78, 5) is 22.3. The highest BCUT2D eigenvalue weighted by molar-refractivity contribution is 7.99. The minimum atomic E-state index is -0.981. The Labute approximate surface area is 117 Å². The van der Waals surface area contributed by atoms with Gasteiger partial charge in [0.05, 0.1) is 5.75 Å². The molecule has 0 bridgehead atoms. The molecule has 5 heteroatoms. The number of carboxylic acids is 1. The summed E-state index contributed by atoms with van der Waals surface area (Å²) in [5.41, 5.74) is 1.24. The number of benzene rings is 1. The van der Waals surface area contributed by atoms with Gasteiger partial charge >= 0.3 is 5.97 Å². The third-order valence-corrected chi connectivity index (χ3v) is 3.61. The Balaban J connectivity index is 2.19. The molecule has 104 valence electrons. The molecule has 1 amide bonds. The van der Waals surface area contributed by atoms with E-state index < -0.39 is 12.0 Å². The highest BCUT2D eigenvalue weighted by Crippen LogP contribution is 2.06. The molecule has 0 radical (unpaired) electrons. The second-order valence-electron chi connectivity index (χ2n) is 4.15. The van der Waals surface area contributed by atoms with Gasteiger partial charge in [0.15, 0.2) is 0 Å². The van der Waals surface area contributed by atoms with Gasteiger partial charge in [0.2, 0.25) is 5.91 Å². The van der Waals surface area contributed by atoms with Crippen molar-refractivity contribution in [2.75, 3.05) is 11.5 Å². The SMILES string of the molecule is CCC(NC(=O)CSCCc1ccccc1)C(=O)O. The van der Waals surface area contributed by atoms with Crippen LogP contribution in [0.1, 0.15) is 18.9 Å². The molecule has 1 unspecified atom stereocenters. The van der Waals surface area contributed by atoms with Crippen molar-refractivity contribution in [2.45, 2.75) is 25.8 Å². The standard InChI is InChI=1S/C14H19NO3S/c1-2-12(14(17)18)15-13(16)10-19-9-8-11-6-4-3-5-7-11/h3-7,12H,2,8-10H2,1H3,(H,15,16)(H,17,18). The maximum absolute atomic E-state index is 11.5. The van der Waals surface area contributed by atoms with Gasteiger partial charge < -0.3 is 10.4 Å². The number of aryl methyl sites for hydroxylation is 1. The highest BCUT2D eigenvalue weighted by atomic mass is 32.2. The predicted octanol–water partition coefficient (Wildman–Crippen LogP) is 1.94. The van der Waals surface area contributed by atoms with Crippen molar-refractivity contribution in [1.82, 2.24) is 5.32 Å². The molecule has 0 aliphatic carbocycles. The third-order valence-electron chi connectivity index (χ3n) is 2.65. The lowest BCUT2D eigenvalue weighted by molar-refractivity contribution is -0.141. The van der Waals surface area contributed by atoms with Crippen LogP contribution in [0.5, 0.6) is 0 Å². The van der Waals surface area contributed by atoms with Crippen LogP contribution < -0.4 is 5.32 Å². The van der Waals surface area contributed by atoms with E-state index in [4.69, 9.17) is 5.11 Å². The Morgan fingerprint density at radius 1 is 1.32 bits per heavy atom. The summed E-state index contributed by atoms with van der Waals surface area (Å²) in [6.45, 7) is 1.74. The number of nitrogens with one attached hydrogen (secondary N) is 1. The average Bonchev–Trinajstić information content (AvgIpc) is 2.42. The Morgan fingerprint density at radius 3 is 2.58 bits per heavy atom. The summed E-state index contributed by atoms with van der Waals surface area (Å²) >= 11 is 1.52. The molecule has 0 saturated carbocycles. The fourth-order valence-electron chi connectivity index (χ4n) is 1.57. The van der Waals surface area contributed by atoms with E-state index in [1.165, 1.54) is 17.3 Å². The zero-order valence-corrected chi connectivity index (χ0v) is 11.8. The third kappa shape index (κ3) is 6.29. The van der Waals surface area contributed by atoms with Gasteiger partial charge in [0.1, 0.15) is 6.04 Å². The maximum atomic E-state index is 11.5. The highest BCUT2D eigenvalue weighted by Gasteiger charge is 2.16. The number of amides is 1. The Bertz CT molecular complexity index is 408. The van der Waals surface area contributed by atoms with Crippen molar-refractivity contribution < 1.29 is 14.7 Å². The fraction of sp³-hybridized carbons (Fsp3) is 0.429. The summed E-state index contributed by atoms with van der Waals surface area (Å²) < 4.78 is 0. The van der Waals surface area contributed by atoms with E-state index in [-0.39, 0.29) is 5.91 Å². The molecular formula is C14H19NO3S. The molecule has 4 nitrogen and oxygen atoms in total. The number of rotatable bonds is 8. The Kier molecular flexibility index (Phi) is 7.03. The maximum Gasteiger partial charge on any atom is 0.326 e. The van der Waals surface area contributed by atoms with Crippen molar-refractivity contribution >= 4 is 23.6 Å². The molecule has 1 rings (SSSR count). The number of hydrogen-bond donors (Lipinski definition) is 2. The molecule has 1 aromatic carbocycles. The number of carboxylic acid groups (broad SMARTS) is 1. The predicted molar refractivity (Wildman–Crippen MR) is 77.3 cm³/mol. The van der Waals surface area contributed by atoms with Crippen molar-refractivity contribution in [1.29, 1.82) is 0 Å². The molecule has 0 fully saturated rings. The first-order valence-electron chi connectivity index (χ1n) is 6.27. The minimum absolute atomic E-state index is 0.215. The van der Waals surface area contributed by atoms with E-state index >= 15 is 0 Å². The lowest BCUT2D eigenvalue weighted by Crippen LogP contribution is -2.41. The van der Waals surface area contributed by atoms with E-state index in [9.17, 15) is 9.59 Å². The average molecular weight is 281 g/mol. The van der Waals surface area contributed by atoms with E-state index in [2.05, 4.69) is 17.4 Å². The van der Waals surface area contributed by atoms with Gasteiger partial charge in [-0.2, -0.15) is 11.8 Å². The first kappa shape index (κ1) is 15.6. The first-order chi connectivity index (χ1) is 9.13. The molecule has 0 aliphatic rings. The molecule has 0 heterocycles. The van der Waals surface area contributed by atoms with Crippen molar-refractivity contribution in [2.24, 2.45) is 0 Å². The van der Waals surface area contributed by atoms with Crippen LogP contribution >= 0.6 is 11.8 Å². The van der Waals surface area contributed by atoms with Gasteiger partial charge in [0, 0.05) is 0 Å². The molecule has 0 aliphatic heterocycles. The Morgan fingerprint density at radius 2 is 2.00 bits per heavy atom. The zero-order valence-electron chi connectivity index (χ0n) is 11.0. The first-order valence-corrected chi connectivity index (χ1v) is 7.42. The van der Waals surface area contributed by atoms with Gasteiger partial charge in [-0.05, 0) is 24.2 Å². The van der Waals surface area contributed by atoms with Crippen LogP contribution in [0.3, 0.4) is 0 Å². The van der Waals surface area contributed by atoms with Crippen LogP contribution in [-0.2, 0) is 16.0 Å². The summed E-state index contributed by atoms with van der Waals surface area (Å²) in [6.07, 6.45) is 1.31. The molecule has 0 spiro atoms. The number of carbonyl (C=O) groups is 2. The van der Waals surface area contributed by atoms with E-state index in [0.29, 0.717) is 12.2 Å². The molecule has 2 N–H and O–H groups in total. The summed E-state index contributed by atoms with van der Waals surface area (Å²) in [5.74, 6) is -0.0461. The van der Waals surface area contributed by atoms with Gasteiger partial charge in [-0.3, -0.25) is 4.79 Å². The van der Waals surface area contributed by atoms with Gasteiger partial charge in [-0.15, -0.1) is 0 Å². The quantitative estimate of drug-likeness (QED) is 0.715. The second kappa shape index (κ2) is 8.58. The van der Waals surface area contributed by atoms with Crippen molar-refractivity contribution in [3.8, 4) is 0 Å². The number of hydrogen-bond acceptors (Lipinski definition) is 3. The molecular weight excluding hydrogens is 262 g/mol. The van der Waals surface area contributed by atoms with Crippen LogP contribution in [0, 0.1) is 0 Å². The van der Waals surface area contributed by atoms with Crippen LogP contribution in [-0.4, -0.2) is 34.5 Å². The van der Waals surface area contributed by atoms with E-state index in [0.717, 1.165) is 12.2 Å². The van der Waals surface area contributed by atoms with Gasteiger partial charge in [0.25, 0.3) is 0 Å². The fourth-order valence-corrected chi connectivity index (χ4v) is 2.37. The van der Waals surface area contributed by atoms with Crippen LogP contribution in [0.2, 0.25) is 0 Å². The molecule has 0 aromatic heterocycles. The van der Waals surface area contributed by atoms with Crippen LogP contribution in [0.15, 0.2) is 30.3 Å². The lowest BCUT2D eigenvalue weighted by atomic mass is 10.2. The second-order valence-corrected chi connectivity index (χ2v) is 5.26. The van der Waals surface area contributed by atoms with Crippen LogP contribution in [0.4, 0.5) is 0 Å². The van der Waals surface area contributed by atoms with Crippen molar-refractivity contribution in [3.05, 3.63) is 35.9 Å². The van der Waals surface area contributed by atoms with Crippen molar-refractivity contribution in [3.63, 3.8) is 0 Å². The molecule has 0 saturated heterocycles. The Hall–Kier alpha value is -1.49. The van der Waals surface area contributed by atoms with Gasteiger partial charge in [-0.1, -0.05) is 37.3 Å².